The Morgan fingerprint density at radius 3 is 2.78 bits per heavy atom. The molecule has 1 fully saturated rings. The van der Waals surface area contributed by atoms with E-state index in [0.29, 0.717) is 6.54 Å². The zero-order chi connectivity index (χ0) is 16.2. The van der Waals surface area contributed by atoms with Crippen LogP contribution < -0.4 is 10.3 Å². The molecular weight excluding hydrogens is 292 g/mol. The second-order valence-corrected chi connectivity index (χ2v) is 5.76. The van der Waals surface area contributed by atoms with Crippen molar-refractivity contribution >= 4 is 5.91 Å². The molecule has 1 aliphatic heterocycles. The van der Waals surface area contributed by atoms with E-state index in [0.717, 1.165) is 30.6 Å². The van der Waals surface area contributed by atoms with Crippen molar-refractivity contribution in [3.8, 4) is 5.75 Å². The van der Waals surface area contributed by atoms with E-state index in [2.05, 4.69) is 4.98 Å². The van der Waals surface area contributed by atoms with Crippen LogP contribution in [-0.2, 0) is 6.42 Å². The zero-order valence-electron chi connectivity index (χ0n) is 13.1. The summed E-state index contributed by atoms with van der Waals surface area (Å²) in [6.07, 6.45) is 4.26. The smallest absolute Gasteiger partial charge is 0.260 e. The number of benzene rings is 1. The number of carbonyl (C=O) groups excluding carboxylic acids is 1. The van der Waals surface area contributed by atoms with E-state index >= 15 is 0 Å². The van der Waals surface area contributed by atoms with E-state index in [-0.39, 0.29) is 23.1 Å². The molecule has 1 amide bonds. The van der Waals surface area contributed by atoms with Gasteiger partial charge in [-0.2, -0.15) is 0 Å². The summed E-state index contributed by atoms with van der Waals surface area (Å²) in [5.41, 5.74) is 1.05. The predicted molar refractivity (Wildman–Crippen MR) is 87.8 cm³/mol. The summed E-state index contributed by atoms with van der Waals surface area (Å²) < 4.78 is 5.17. The molecule has 1 aliphatic rings. The van der Waals surface area contributed by atoms with Crippen LogP contribution in [0, 0.1) is 0 Å². The standard InChI is InChI=1S/C18H20N2O3/c1-23-15-8-6-13(7-9-15)12-14-4-3-11-20(14)18(22)16-5-2-10-19-17(16)21/h2,5-10,14H,3-4,11-12H2,1H3,(H,19,21). The first-order valence-electron chi connectivity index (χ1n) is 7.80. The molecule has 0 spiro atoms. The first-order valence-corrected chi connectivity index (χ1v) is 7.80. The van der Waals surface area contributed by atoms with Gasteiger partial charge in [0.2, 0.25) is 0 Å². The first kappa shape index (κ1) is 15.3. The number of nitrogens with one attached hydrogen (secondary N) is 1. The quantitative estimate of drug-likeness (QED) is 0.941. The fourth-order valence-electron chi connectivity index (χ4n) is 3.09. The van der Waals surface area contributed by atoms with Gasteiger partial charge in [-0.1, -0.05) is 12.1 Å². The van der Waals surface area contributed by atoms with Gasteiger partial charge >= 0.3 is 0 Å². The van der Waals surface area contributed by atoms with Gasteiger partial charge in [0.05, 0.1) is 7.11 Å². The van der Waals surface area contributed by atoms with E-state index in [4.69, 9.17) is 4.74 Å². The molecule has 2 aromatic rings. The van der Waals surface area contributed by atoms with Crippen LogP contribution in [0.3, 0.4) is 0 Å². The van der Waals surface area contributed by atoms with Crippen molar-refractivity contribution < 1.29 is 9.53 Å². The number of amides is 1. The molecule has 1 aromatic carbocycles. The van der Waals surface area contributed by atoms with Crippen molar-refractivity contribution in [2.24, 2.45) is 0 Å². The molecular formula is C18H20N2O3. The number of likely N-dealkylation sites (tertiary alicyclic amines) is 1. The van der Waals surface area contributed by atoms with Crippen molar-refractivity contribution in [2.75, 3.05) is 13.7 Å². The van der Waals surface area contributed by atoms with Crippen LogP contribution in [0.2, 0.25) is 0 Å². The maximum absolute atomic E-state index is 12.7. The van der Waals surface area contributed by atoms with Crippen LogP contribution in [0.15, 0.2) is 47.4 Å². The van der Waals surface area contributed by atoms with Gasteiger partial charge in [-0.25, -0.2) is 0 Å². The number of methoxy groups -OCH3 is 1. The van der Waals surface area contributed by atoms with Gasteiger partial charge in [0.25, 0.3) is 11.5 Å². The molecule has 0 aliphatic carbocycles. The van der Waals surface area contributed by atoms with Crippen molar-refractivity contribution in [2.45, 2.75) is 25.3 Å². The zero-order valence-corrected chi connectivity index (χ0v) is 13.1. The van der Waals surface area contributed by atoms with E-state index in [1.165, 1.54) is 6.20 Å². The number of H-pyrrole nitrogens is 1. The third kappa shape index (κ3) is 3.28. The normalized spacial score (nSPS) is 17.3. The number of hydrogen-bond donors (Lipinski definition) is 1. The second kappa shape index (κ2) is 6.69. The lowest BCUT2D eigenvalue weighted by atomic mass is 10.0. The summed E-state index contributed by atoms with van der Waals surface area (Å²) >= 11 is 0. The summed E-state index contributed by atoms with van der Waals surface area (Å²) in [5, 5.41) is 0. The van der Waals surface area contributed by atoms with E-state index in [1.807, 2.05) is 29.2 Å². The minimum atomic E-state index is -0.326. The van der Waals surface area contributed by atoms with E-state index < -0.39 is 0 Å². The number of nitrogens with zero attached hydrogens (tertiary/aromatic N) is 1. The van der Waals surface area contributed by atoms with Crippen LogP contribution in [0.25, 0.3) is 0 Å². The number of hydrogen-bond acceptors (Lipinski definition) is 3. The Morgan fingerprint density at radius 1 is 1.30 bits per heavy atom. The summed E-state index contributed by atoms with van der Waals surface area (Å²) in [6.45, 7) is 0.702. The first-order chi connectivity index (χ1) is 11.2. The average molecular weight is 312 g/mol. The Hall–Kier alpha value is -2.56. The van der Waals surface area contributed by atoms with Crippen molar-refractivity contribution in [1.29, 1.82) is 0 Å². The fourth-order valence-corrected chi connectivity index (χ4v) is 3.09. The Kier molecular flexibility index (Phi) is 4.46. The van der Waals surface area contributed by atoms with Crippen LogP contribution >= 0.6 is 0 Å². The number of carbonyl (C=O) groups is 1. The highest BCUT2D eigenvalue weighted by atomic mass is 16.5. The SMILES string of the molecule is COc1ccc(CC2CCCN2C(=O)c2ccc[nH]c2=O)cc1. The van der Waals surface area contributed by atoms with E-state index in [9.17, 15) is 9.59 Å². The minimum Gasteiger partial charge on any atom is -0.497 e. The van der Waals surface area contributed by atoms with Gasteiger partial charge < -0.3 is 14.6 Å². The largest absolute Gasteiger partial charge is 0.497 e. The van der Waals surface area contributed by atoms with Gasteiger partial charge in [0, 0.05) is 18.8 Å². The monoisotopic (exact) mass is 312 g/mol. The molecule has 1 saturated heterocycles. The summed E-state index contributed by atoms with van der Waals surface area (Å²) in [6, 6.07) is 11.3. The van der Waals surface area contributed by atoms with Gasteiger partial charge in [0.1, 0.15) is 11.3 Å². The molecule has 5 nitrogen and oxygen atoms in total. The van der Waals surface area contributed by atoms with Crippen LogP contribution in [-0.4, -0.2) is 35.5 Å². The molecule has 3 rings (SSSR count). The summed E-state index contributed by atoms with van der Waals surface area (Å²) in [5.74, 6) is 0.645. The van der Waals surface area contributed by atoms with Crippen LogP contribution in [0.4, 0.5) is 0 Å². The Labute approximate surface area is 134 Å². The third-order valence-electron chi connectivity index (χ3n) is 4.32. The molecule has 23 heavy (non-hydrogen) atoms. The number of pyridine rings is 1. The molecule has 0 bridgehead atoms. The summed E-state index contributed by atoms with van der Waals surface area (Å²) in [4.78, 5) is 28.9. The Balaban J connectivity index is 1.76. The molecule has 1 atom stereocenters. The number of aromatic nitrogens is 1. The van der Waals surface area contributed by atoms with Crippen molar-refractivity contribution in [1.82, 2.24) is 9.88 Å². The molecule has 2 heterocycles. The Bertz CT molecular complexity index is 736. The fraction of sp³-hybridized carbons (Fsp3) is 0.333. The predicted octanol–water partition coefficient (Wildman–Crippen LogP) is 2.23. The maximum atomic E-state index is 12.7. The third-order valence-corrected chi connectivity index (χ3v) is 4.32. The number of ether oxygens (including phenoxy) is 1. The second-order valence-electron chi connectivity index (χ2n) is 5.76. The minimum absolute atomic E-state index is 0.135. The van der Waals surface area contributed by atoms with Crippen molar-refractivity contribution in [3.05, 3.63) is 64.1 Å². The molecule has 0 saturated carbocycles. The Morgan fingerprint density at radius 2 is 2.09 bits per heavy atom. The molecule has 0 radical (unpaired) electrons. The average Bonchev–Trinajstić information content (AvgIpc) is 3.03. The number of aromatic amines is 1. The molecule has 1 unspecified atom stereocenters. The highest BCUT2D eigenvalue weighted by molar-refractivity contribution is 5.94. The maximum Gasteiger partial charge on any atom is 0.260 e. The van der Waals surface area contributed by atoms with Crippen LogP contribution in [0.5, 0.6) is 5.75 Å². The lowest BCUT2D eigenvalue weighted by Crippen LogP contribution is -2.39. The van der Waals surface area contributed by atoms with E-state index in [1.54, 1.807) is 19.2 Å². The highest BCUT2D eigenvalue weighted by Crippen LogP contribution is 2.23. The highest BCUT2D eigenvalue weighted by Gasteiger charge is 2.30. The topological polar surface area (TPSA) is 62.4 Å². The summed E-state index contributed by atoms with van der Waals surface area (Å²) in [7, 11) is 1.64. The van der Waals surface area contributed by atoms with Gasteiger partial charge in [-0.15, -0.1) is 0 Å². The lowest BCUT2D eigenvalue weighted by Gasteiger charge is -2.24. The number of rotatable bonds is 4. The van der Waals surface area contributed by atoms with Gasteiger partial charge in [0.15, 0.2) is 0 Å². The lowest BCUT2D eigenvalue weighted by molar-refractivity contribution is 0.0734. The van der Waals surface area contributed by atoms with Gasteiger partial charge in [-0.05, 0) is 49.1 Å². The molecule has 5 heteroatoms. The molecule has 1 aromatic heterocycles. The van der Waals surface area contributed by atoms with Crippen molar-refractivity contribution in [3.63, 3.8) is 0 Å². The van der Waals surface area contributed by atoms with Gasteiger partial charge in [-0.3, -0.25) is 9.59 Å². The van der Waals surface area contributed by atoms with Crippen LogP contribution in [0.1, 0.15) is 28.8 Å². The molecule has 1 N–H and O–H groups in total. The molecule has 120 valence electrons.